The van der Waals surface area contributed by atoms with E-state index in [1.807, 2.05) is 19.1 Å². The molecular formula is C22H22FN5O2S. The molecule has 0 saturated carbocycles. The number of anilines is 1. The molecule has 31 heavy (non-hydrogen) atoms. The van der Waals surface area contributed by atoms with Crippen LogP contribution in [0.5, 0.6) is 0 Å². The van der Waals surface area contributed by atoms with Gasteiger partial charge in [0.2, 0.25) is 5.91 Å². The Balaban J connectivity index is 1.61. The predicted molar refractivity (Wildman–Crippen MR) is 118 cm³/mol. The average Bonchev–Trinajstić information content (AvgIpc) is 3.14. The van der Waals surface area contributed by atoms with Gasteiger partial charge in [0.1, 0.15) is 5.82 Å². The van der Waals surface area contributed by atoms with Crippen LogP contribution in [-0.4, -0.2) is 32.3 Å². The average molecular weight is 440 g/mol. The number of rotatable bonds is 9. The van der Waals surface area contributed by atoms with Crippen LogP contribution in [-0.2, 0) is 17.9 Å². The quantitative estimate of drug-likeness (QED) is 0.393. The van der Waals surface area contributed by atoms with Gasteiger partial charge in [-0.3, -0.25) is 9.59 Å². The van der Waals surface area contributed by atoms with Crippen LogP contribution in [0, 0.1) is 12.7 Å². The van der Waals surface area contributed by atoms with Crippen LogP contribution in [0.25, 0.3) is 0 Å². The molecule has 0 aliphatic heterocycles. The fourth-order valence-electron chi connectivity index (χ4n) is 2.80. The molecule has 0 unspecified atom stereocenters. The van der Waals surface area contributed by atoms with Crippen LogP contribution >= 0.6 is 11.8 Å². The summed E-state index contributed by atoms with van der Waals surface area (Å²) in [4.78, 5) is 24.6. The highest BCUT2D eigenvalue weighted by Gasteiger charge is 2.15. The Morgan fingerprint density at radius 1 is 1.19 bits per heavy atom. The summed E-state index contributed by atoms with van der Waals surface area (Å²) in [6.45, 7) is 6.25. The molecule has 9 heteroatoms. The molecule has 2 amide bonds. The maximum Gasteiger partial charge on any atom is 0.251 e. The van der Waals surface area contributed by atoms with Crippen molar-refractivity contribution in [2.24, 2.45) is 0 Å². The predicted octanol–water partition coefficient (Wildman–Crippen LogP) is 3.57. The van der Waals surface area contributed by atoms with Crippen LogP contribution in [0.1, 0.15) is 21.7 Å². The molecule has 1 aromatic heterocycles. The van der Waals surface area contributed by atoms with Gasteiger partial charge in [-0.25, -0.2) is 4.39 Å². The first-order valence-corrected chi connectivity index (χ1v) is 10.5. The van der Waals surface area contributed by atoms with E-state index in [-0.39, 0.29) is 29.8 Å². The standard InChI is InChI=1S/C22H22FN5O2S/c1-3-11-28-19(13-24-21(30)16-8-6-7-15(2)12-16)26-27-22(28)31-14-20(29)25-18-10-5-4-9-17(18)23/h3-10,12H,1,11,13-14H2,2H3,(H,24,30)(H,25,29). The second-order valence-electron chi connectivity index (χ2n) is 6.67. The maximum atomic E-state index is 13.7. The minimum atomic E-state index is -0.498. The number of hydrogen-bond donors (Lipinski definition) is 2. The summed E-state index contributed by atoms with van der Waals surface area (Å²) in [5.41, 5.74) is 1.68. The molecule has 2 aromatic carbocycles. The van der Waals surface area contributed by atoms with Crippen LogP contribution in [0.15, 0.2) is 66.3 Å². The Hall–Kier alpha value is -3.46. The first-order chi connectivity index (χ1) is 15.0. The van der Waals surface area contributed by atoms with Gasteiger partial charge in [-0.05, 0) is 31.2 Å². The summed E-state index contributed by atoms with van der Waals surface area (Å²) in [5, 5.41) is 14.1. The second-order valence-corrected chi connectivity index (χ2v) is 7.61. The highest BCUT2D eigenvalue weighted by Crippen LogP contribution is 2.19. The molecule has 0 saturated heterocycles. The molecule has 0 fully saturated rings. The molecule has 0 bridgehead atoms. The second kappa shape index (κ2) is 10.5. The SMILES string of the molecule is C=CCn1c(CNC(=O)c2cccc(C)c2)nnc1SCC(=O)Nc1ccccc1F. The van der Waals surface area contributed by atoms with Crippen molar-refractivity contribution in [3.63, 3.8) is 0 Å². The van der Waals surface area contributed by atoms with Gasteiger partial charge in [0.25, 0.3) is 5.91 Å². The molecule has 0 radical (unpaired) electrons. The number of allylic oxidation sites excluding steroid dienone is 1. The minimum Gasteiger partial charge on any atom is -0.345 e. The van der Waals surface area contributed by atoms with Crippen LogP contribution in [0.3, 0.4) is 0 Å². The number of amides is 2. The molecule has 3 aromatic rings. The van der Waals surface area contributed by atoms with Crippen molar-refractivity contribution in [1.82, 2.24) is 20.1 Å². The largest absolute Gasteiger partial charge is 0.345 e. The number of hydrogen-bond acceptors (Lipinski definition) is 5. The van der Waals surface area contributed by atoms with Crippen molar-refractivity contribution in [1.29, 1.82) is 0 Å². The van der Waals surface area contributed by atoms with E-state index in [2.05, 4.69) is 27.4 Å². The number of benzene rings is 2. The van der Waals surface area contributed by atoms with E-state index < -0.39 is 5.82 Å². The summed E-state index contributed by atoms with van der Waals surface area (Å²) in [6, 6.07) is 13.3. The van der Waals surface area contributed by atoms with Gasteiger partial charge in [-0.15, -0.1) is 16.8 Å². The van der Waals surface area contributed by atoms with Crippen molar-refractivity contribution >= 4 is 29.3 Å². The van der Waals surface area contributed by atoms with E-state index in [0.29, 0.717) is 23.1 Å². The molecule has 0 atom stereocenters. The van der Waals surface area contributed by atoms with Crippen molar-refractivity contribution in [2.45, 2.75) is 25.2 Å². The number of nitrogens with zero attached hydrogens (tertiary/aromatic N) is 3. The van der Waals surface area contributed by atoms with Gasteiger partial charge in [0.15, 0.2) is 11.0 Å². The van der Waals surface area contributed by atoms with Gasteiger partial charge in [0.05, 0.1) is 18.0 Å². The Kier molecular flexibility index (Phi) is 7.55. The molecule has 3 rings (SSSR count). The zero-order chi connectivity index (χ0) is 22.2. The lowest BCUT2D eigenvalue weighted by Crippen LogP contribution is -2.25. The Labute approximate surface area is 183 Å². The van der Waals surface area contributed by atoms with Crippen LogP contribution < -0.4 is 10.6 Å². The molecule has 0 spiro atoms. The fraction of sp³-hybridized carbons (Fsp3) is 0.182. The van der Waals surface area contributed by atoms with Crippen molar-refractivity contribution in [3.05, 3.63) is 84.0 Å². The highest BCUT2D eigenvalue weighted by atomic mass is 32.2. The summed E-state index contributed by atoms with van der Waals surface area (Å²) >= 11 is 1.17. The maximum absolute atomic E-state index is 13.7. The molecule has 0 aliphatic carbocycles. The zero-order valence-electron chi connectivity index (χ0n) is 17.0. The number of thioether (sulfide) groups is 1. The van der Waals surface area contributed by atoms with Crippen molar-refractivity contribution in [2.75, 3.05) is 11.1 Å². The summed E-state index contributed by atoms with van der Waals surface area (Å²) < 4.78 is 15.5. The van der Waals surface area contributed by atoms with Crippen molar-refractivity contribution < 1.29 is 14.0 Å². The van der Waals surface area contributed by atoms with E-state index in [9.17, 15) is 14.0 Å². The lowest BCUT2D eigenvalue weighted by atomic mass is 10.1. The third-order valence-corrected chi connectivity index (χ3v) is 5.24. The van der Waals surface area contributed by atoms with E-state index in [1.165, 1.54) is 23.9 Å². The molecule has 160 valence electrons. The van der Waals surface area contributed by atoms with E-state index in [4.69, 9.17) is 0 Å². The lowest BCUT2D eigenvalue weighted by Gasteiger charge is -2.09. The third-order valence-electron chi connectivity index (χ3n) is 4.27. The summed E-state index contributed by atoms with van der Waals surface area (Å²) in [7, 11) is 0. The summed E-state index contributed by atoms with van der Waals surface area (Å²) in [6.07, 6.45) is 1.68. The number of para-hydroxylation sites is 1. The van der Waals surface area contributed by atoms with Crippen LogP contribution in [0.4, 0.5) is 10.1 Å². The number of carbonyl (C=O) groups is 2. The molecule has 2 N–H and O–H groups in total. The summed E-state index contributed by atoms with van der Waals surface area (Å²) in [5.74, 6) is -0.507. The van der Waals surface area contributed by atoms with E-state index in [0.717, 1.165) is 5.56 Å². The Morgan fingerprint density at radius 3 is 2.74 bits per heavy atom. The van der Waals surface area contributed by atoms with Crippen LogP contribution in [0.2, 0.25) is 0 Å². The highest BCUT2D eigenvalue weighted by molar-refractivity contribution is 7.99. The number of nitrogens with one attached hydrogen (secondary N) is 2. The molecule has 7 nitrogen and oxygen atoms in total. The van der Waals surface area contributed by atoms with E-state index in [1.54, 1.807) is 34.9 Å². The third kappa shape index (κ3) is 6.02. The van der Waals surface area contributed by atoms with Gasteiger partial charge >= 0.3 is 0 Å². The molecule has 1 heterocycles. The Morgan fingerprint density at radius 2 is 2.00 bits per heavy atom. The van der Waals surface area contributed by atoms with Gasteiger partial charge in [-0.1, -0.05) is 47.7 Å². The van der Waals surface area contributed by atoms with Gasteiger partial charge in [0, 0.05) is 12.1 Å². The first kappa shape index (κ1) is 22.2. The fourth-order valence-corrected chi connectivity index (χ4v) is 3.56. The van der Waals surface area contributed by atoms with E-state index >= 15 is 0 Å². The van der Waals surface area contributed by atoms with Crippen molar-refractivity contribution in [3.8, 4) is 0 Å². The number of halogens is 1. The van der Waals surface area contributed by atoms with Gasteiger partial charge < -0.3 is 15.2 Å². The minimum absolute atomic E-state index is 0.0270. The lowest BCUT2D eigenvalue weighted by molar-refractivity contribution is -0.113. The molecule has 0 aliphatic rings. The topological polar surface area (TPSA) is 88.9 Å². The number of aromatic nitrogens is 3. The zero-order valence-corrected chi connectivity index (χ0v) is 17.8. The Bertz CT molecular complexity index is 1100. The number of carbonyl (C=O) groups excluding carboxylic acids is 2. The monoisotopic (exact) mass is 439 g/mol. The normalized spacial score (nSPS) is 10.5. The molecular weight excluding hydrogens is 417 g/mol. The van der Waals surface area contributed by atoms with Gasteiger partial charge in [-0.2, -0.15) is 0 Å². The number of aryl methyl sites for hydroxylation is 1. The first-order valence-electron chi connectivity index (χ1n) is 9.53. The smallest absolute Gasteiger partial charge is 0.251 e.